The van der Waals surface area contributed by atoms with Crippen LogP contribution < -0.4 is 5.32 Å². The first kappa shape index (κ1) is 16.3. The number of anilines is 2. The molecular weight excluding hydrogens is 333 g/mol. The van der Waals surface area contributed by atoms with Gasteiger partial charge >= 0.3 is 0 Å². The Morgan fingerprint density at radius 2 is 2.08 bits per heavy atom. The van der Waals surface area contributed by atoms with Crippen molar-refractivity contribution >= 4 is 17.3 Å². The fraction of sp³-hybridized carbons (Fsp3) is 0.211. The Kier molecular flexibility index (Phi) is 4.12. The largest absolute Gasteiger partial charge is 0.461 e. The lowest BCUT2D eigenvalue weighted by molar-refractivity contribution is 0.577. The van der Waals surface area contributed by atoms with Crippen molar-refractivity contribution in [1.29, 1.82) is 0 Å². The summed E-state index contributed by atoms with van der Waals surface area (Å²) in [5.74, 6) is 1.87. The first-order valence-corrected chi connectivity index (χ1v) is 8.48. The van der Waals surface area contributed by atoms with E-state index in [1.807, 2.05) is 13.0 Å². The topological polar surface area (TPSA) is 68.2 Å². The second-order valence-corrected chi connectivity index (χ2v) is 6.09. The molecule has 0 aliphatic carbocycles. The van der Waals surface area contributed by atoms with E-state index in [0.29, 0.717) is 28.9 Å². The van der Waals surface area contributed by atoms with Crippen LogP contribution in [0.3, 0.4) is 0 Å². The molecule has 132 valence electrons. The van der Waals surface area contributed by atoms with Gasteiger partial charge in [0.25, 0.3) is 5.78 Å². The molecule has 0 atom stereocenters. The van der Waals surface area contributed by atoms with Gasteiger partial charge in [0.1, 0.15) is 11.6 Å². The van der Waals surface area contributed by atoms with Gasteiger partial charge < -0.3 is 9.73 Å². The molecule has 4 rings (SSSR count). The number of aromatic nitrogens is 4. The number of furan rings is 1. The number of halogens is 1. The minimum Gasteiger partial charge on any atom is -0.461 e. The minimum atomic E-state index is -0.299. The third kappa shape index (κ3) is 3.03. The van der Waals surface area contributed by atoms with Crippen molar-refractivity contribution in [2.45, 2.75) is 26.7 Å². The van der Waals surface area contributed by atoms with Crippen molar-refractivity contribution in [3.63, 3.8) is 0 Å². The van der Waals surface area contributed by atoms with Gasteiger partial charge in [-0.25, -0.2) is 9.37 Å². The van der Waals surface area contributed by atoms with E-state index in [4.69, 9.17) is 4.42 Å². The van der Waals surface area contributed by atoms with E-state index in [0.717, 1.165) is 24.1 Å². The number of hydrogen-bond donors (Lipinski definition) is 1. The highest BCUT2D eigenvalue weighted by Crippen LogP contribution is 2.24. The monoisotopic (exact) mass is 351 g/mol. The third-order valence-corrected chi connectivity index (χ3v) is 4.08. The molecule has 3 aromatic heterocycles. The lowest BCUT2D eigenvalue weighted by Gasteiger charge is -2.12. The average Bonchev–Trinajstić information content (AvgIpc) is 3.27. The molecule has 0 saturated carbocycles. The molecule has 0 saturated heterocycles. The van der Waals surface area contributed by atoms with Crippen molar-refractivity contribution in [3.05, 3.63) is 59.7 Å². The zero-order chi connectivity index (χ0) is 18.1. The van der Waals surface area contributed by atoms with Gasteiger partial charge in [-0.05, 0) is 43.2 Å². The van der Waals surface area contributed by atoms with Gasteiger partial charge in [0.15, 0.2) is 5.76 Å². The Hall–Kier alpha value is -3.22. The standard InChI is InChI=1S/C19H18FN5O/c1-3-5-14-11-17(22-15-10-13(20)8-7-12(15)2)25-19(21-14)23-18(24-25)16-6-4-9-26-16/h4,6-11,22H,3,5H2,1-2H3. The summed E-state index contributed by atoms with van der Waals surface area (Å²) in [5, 5.41) is 7.76. The molecular formula is C19H18FN5O. The van der Waals surface area contributed by atoms with Crippen LogP contribution in [0.5, 0.6) is 0 Å². The van der Waals surface area contributed by atoms with Crippen LogP contribution in [0.2, 0.25) is 0 Å². The third-order valence-electron chi connectivity index (χ3n) is 4.08. The molecule has 0 aliphatic rings. The molecule has 0 aliphatic heterocycles. The zero-order valence-corrected chi connectivity index (χ0v) is 14.5. The van der Waals surface area contributed by atoms with E-state index in [1.54, 1.807) is 29.0 Å². The zero-order valence-electron chi connectivity index (χ0n) is 14.5. The van der Waals surface area contributed by atoms with Crippen LogP contribution in [-0.4, -0.2) is 19.6 Å². The Morgan fingerprint density at radius 3 is 2.85 bits per heavy atom. The molecule has 0 unspecified atom stereocenters. The van der Waals surface area contributed by atoms with E-state index in [2.05, 4.69) is 27.3 Å². The lowest BCUT2D eigenvalue weighted by atomic mass is 10.2. The van der Waals surface area contributed by atoms with E-state index in [1.165, 1.54) is 12.1 Å². The minimum absolute atomic E-state index is 0.299. The van der Waals surface area contributed by atoms with Crippen LogP contribution in [0, 0.1) is 12.7 Å². The normalized spacial score (nSPS) is 11.2. The second kappa shape index (κ2) is 6.59. The summed E-state index contributed by atoms with van der Waals surface area (Å²) in [6.45, 7) is 4.01. The predicted molar refractivity (Wildman–Crippen MR) is 96.9 cm³/mol. The number of nitrogens with one attached hydrogen (secondary N) is 1. The second-order valence-electron chi connectivity index (χ2n) is 6.09. The Labute approximate surface area is 149 Å². The molecule has 3 heterocycles. The Balaban J connectivity index is 1.84. The smallest absolute Gasteiger partial charge is 0.255 e. The maximum absolute atomic E-state index is 13.7. The van der Waals surface area contributed by atoms with Gasteiger partial charge in [-0.1, -0.05) is 19.4 Å². The summed E-state index contributed by atoms with van der Waals surface area (Å²) < 4.78 is 20.7. The summed E-state index contributed by atoms with van der Waals surface area (Å²) in [4.78, 5) is 9.04. The number of aryl methyl sites for hydroxylation is 2. The summed E-state index contributed by atoms with van der Waals surface area (Å²) in [6.07, 6.45) is 3.35. The molecule has 7 heteroatoms. The van der Waals surface area contributed by atoms with Gasteiger partial charge in [0.05, 0.1) is 6.26 Å². The highest BCUT2D eigenvalue weighted by molar-refractivity contribution is 5.63. The van der Waals surface area contributed by atoms with E-state index in [-0.39, 0.29) is 5.82 Å². The lowest BCUT2D eigenvalue weighted by Crippen LogP contribution is -2.05. The number of fused-ring (bicyclic) bond motifs is 1. The maximum Gasteiger partial charge on any atom is 0.255 e. The van der Waals surface area contributed by atoms with Gasteiger partial charge in [0.2, 0.25) is 5.82 Å². The molecule has 0 spiro atoms. The van der Waals surface area contributed by atoms with E-state index in [9.17, 15) is 4.39 Å². The van der Waals surface area contributed by atoms with Crippen LogP contribution in [-0.2, 0) is 6.42 Å². The van der Waals surface area contributed by atoms with Crippen molar-refractivity contribution in [3.8, 4) is 11.6 Å². The van der Waals surface area contributed by atoms with Crippen molar-refractivity contribution < 1.29 is 8.81 Å². The molecule has 1 aromatic carbocycles. The van der Waals surface area contributed by atoms with E-state index < -0.39 is 0 Å². The van der Waals surface area contributed by atoms with Crippen LogP contribution in [0.15, 0.2) is 47.1 Å². The van der Waals surface area contributed by atoms with E-state index >= 15 is 0 Å². The molecule has 0 radical (unpaired) electrons. The number of hydrogen-bond acceptors (Lipinski definition) is 5. The summed E-state index contributed by atoms with van der Waals surface area (Å²) in [5.41, 5.74) is 2.50. The highest BCUT2D eigenvalue weighted by Gasteiger charge is 2.15. The summed E-state index contributed by atoms with van der Waals surface area (Å²) >= 11 is 0. The number of nitrogens with zero attached hydrogens (tertiary/aromatic N) is 4. The molecule has 0 amide bonds. The van der Waals surface area contributed by atoms with Crippen LogP contribution in [0.4, 0.5) is 15.9 Å². The van der Waals surface area contributed by atoms with Gasteiger partial charge in [-0.15, -0.1) is 5.10 Å². The molecule has 1 N–H and O–H groups in total. The molecule has 26 heavy (non-hydrogen) atoms. The average molecular weight is 351 g/mol. The summed E-state index contributed by atoms with van der Waals surface area (Å²) in [7, 11) is 0. The van der Waals surface area contributed by atoms with Gasteiger partial charge in [-0.3, -0.25) is 0 Å². The molecule has 0 fully saturated rings. The Morgan fingerprint density at radius 1 is 1.19 bits per heavy atom. The SMILES string of the molecule is CCCc1cc(Nc2cc(F)ccc2C)n2nc(-c3ccco3)nc2n1. The first-order valence-electron chi connectivity index (χ1n) is 8.48. The highest BCUT2D eigenvalue weighted by atomic mass is 19.1. The van der Waals surface area contributed by atoms with Crippen molar-refractivity contribution in [2.75, 3.05) is 5.32 Å². The number of benzene rings is 1. The maximum atomic E-state index is 13.7. The van der Waals surface area contributed by atoms with Crippen molar-refractivity contribution in [1.82, 2.24) is 19.6 Å². The molecule has 6 nitrogen and oxygen atoms in total. The fourth-order valence-electron chi connectivity index (χ4n) is 2.77. The molecule has 4 aromatic rings. The quantitative estimate of drug-likeness (QED) is 0.572. The number of rotatable bonds is 5. The molecule has 0 bridgehead atoms. The van der Waals surface area contributed by atoms with Gasteiger partial charge in [-0.2, -0.15) is 9.50 Å². The Bertz CT molecular complexity index is 1060. The fourth-order valence-corrected chi connectivity index (χ4v) is 2.77. The first-order chi connectivity index (χ1) is 12.6. The van der Waals surface area contributed by atoms with Crippen molar-refractivity contribution in [2.24, 2.45) is 0 Å². The van der Waals surface area contributed by atoms with Crippen LogP contribution in [0.1, 0.15) is 24.6 Å². The van der Waals surface area contributed by atoms with Crippen LogP contribution in [0.25, 0.3) is 17.4 Å². The van der Waals surface area contributed by atoms with Crippen LogP contribution >= 0.6 is 0 Å². The van der Waals surface area contributed by atoms with Gasteiger partial charge in [0, 0.05) is 17.4 Å². The summed E-state index contributed by atoms with van der Waals surface area (Å²) in [6, 6.07) is 10.1. The predicted octanol–water partition coefficient (Wildman–Crippen LogP) is 4.53.